The quantitative estimate of drug-likeness (QED) is 0.855. The van der Waals surface area contributed by atoms with Gasteiger partial charge in [-0.2, -0.15) is 0 Å². The summed E-state index contributed by atoms with van der Waals surface area (Å²) in [6, 6.07) is 4.47. The van der Waals surface area contributed by atoms with Crippen molar-refractivity contribution in [2.45, 2.75) is 38.3 Å². The van der Waals surface area contributed by atoms with Crippen molar-refractivity contribution in [2.24, 2.45) is 11.8 Å². The van der Waals surface area contributed by atoms with Gasteiger partial charge in [0.15, 0.2) is 5.22 Å². The predicted molar refractivity (Wildman–Crippen MR) is 59.8 cm³/mol. The lowest BCUT2D eigenvalue weighted by atomic mass is 9.95. The number of fused-ring (bicyclic) bond motifs is 2. The summed E-state index contributed by atoms with van der Waals surface area (Å²) in [4.78, 5) is 0. The summed E-state index contributed by atoms with van der Waals surface area (Å²) in [6.07, 6.45) is 5.67. The van der Waals surface area contributed by atoms with Gasteiger partial charge in [-0.05, 0) is 54.8 Å². The summed E-state index contributed by atoms with van der Waals surface area (Å²) < 4.78 is 5.33. The van der Waals surface area contributed by atoms with E-state index in [-0.39, 0.29) is 0 Å². The molecule has 3 heteroatoms. The monoisotopic (exact) mass is 225 g/mol. The fourth-order valence-corrected chi connectivity index (χ4v) is 3.34. The molecule has 3 atom stereocenters. The third-order valence-electron chi connectivity index (χ3n) is 3.91. The second-order valence-electron chi connectivity index (χ2n) is 4.87. The van der Waals surface area contributed by atoms with E-state index >= 15 is 0 Å². The molecule has 2 nitrogen and oxygen atoms in total. The molecule has 0 saturated heterocycles. The van der Waals surface area contributed by atoms with Gasteiger partial charge in [-0.1, -0.05) is 6.42 Å². The van der Waals surface area contributed by atoms with Crippen LogP contribution in [-0.2, 0) is 6.54 Å². The number of hydrogen-bond acceptors (Lipinski definition) is 2. The number of rotatable bonds is 3. The van der Waals surface area contributed by atoms with Crippen LogP contribution < -0.4 is 5.32 Å². The van der Waals surface area contributed by atoms with E-state index in [1.165, 1.54) is 25.7 Å². The van der Waals surface area contributed by atoms with Crippen molar-refractivity contribution in [3.8, 4) is 0 Å². The fourth-order valence-electron chi connectivity index (χ4n) is 3.17. The van der Waals surface area contributed by atoms with Crippen LogP contribution in [0.25, 0.3) is 0 Å². The molecule has 82 valence electrons. The Kier molecular flexibility index (Phi) is 2.49. The SMILES string of the molecule is Clc1ccc(CNC2CC3CCC2C3)o1. The Morgan fingerprint density at radius 2 is 2.27 bits per heavy atom. The zero-order chi connectivity index (χ0) is 10.3. The lowest BCUT2D eigenvalue weighted by molar-refractivity contribution is 0.338. The van der Waals surface area contributed by atoms with Crippen molar-refractivity contribution in [3.05, 3.63) is 23.1 Å². The van der Waals surface area contributed by atoms with E-state index in [1.54, 1.807) is 6.07 Å². The molecule has 0 radical (unpaired) electrons. The Balaban J connectivity index is 1.54. The summed E-state index contributed by atoms with van der Waals surface area (Å²) in [5.74, 6) is 2.86. The van der Waals surface area contributed by atoms with Crippen LogP contribution in [-0.4, -0.2) is 6.04 Å². The highest BCUT2D eigenvalue weighted by Gasteiger charge is 2.39. The fraction of sp³-hybridized carbons (Fsp3) is 0.667. The van der Waals surface area contributed by atoms with Crippen molar-refractivity contribution in [1.29, 1.82) is 0 Å². The molecule has 1 heterocycles. The second kappa shape index (κ2) is 3.84. The van der Waals surface area contributed by atoms with Crippen LogP contribution in [0.2, 0.25) is 5.22 Å². The van der Waals surface area contributed by atoms with Crippen molar-refractivity contribution in [1.82, 2.24) is 5.32 Å². The molecule has 0 spiro atoms. The summed E-state index contributed by atoms with van der Waals surface area (Å²) in [5.41, 5.74) is 0. The Bertz CT molecular complexity index is 349. The first kappa shape index (κ1) is 9.73. The molecule has 0 aliphatic heterocycles. The third kappa shape index (κ3) is 1.93. The summed E-state index contributed by atoms with van der Waals surface area (Å²) in [7, 11) is 0. The smallest absolute Gasteiger partial charge is 0.193 e. The van der Waals surface area contributed by atoms with Crippen LogP contribution in [0.3, 0.4) is 0 Å². The van der Waals surface area contributed by atoms with Crippen molar-refractivity contribution < 1.29 is 4.42 Å². The molecule has 15 heavy (non-hydrogen) atoms. The van der Waals surface area contributed by atoms with Crippen molar-refractivity contribution in [2.75, 3.05) is 0 Å². The van der Waals surface area contributed by atoms with Crippen molar-refractivity contribution >= 4 is 11.6 Å². The highest BCUT2D eigenvalue weighted by Crippen LogP contribution is 2.44. The van der Waals surface area contributed by atoms with Gasteiger partial charge in [0.2, 0.25) is 0 Å². The van der Waals surface area contributed by atoms with E-state index in [9.17, 15) is 0 Å². The number of furan rings is 1. The summed E-state index contributed by atoms with van der Waals surface area (Å²) >= 11 is 5.72. The lowest BCUT2D eigenvalue weighted by Crippen LogP contribution is -2.33. The Hall–Kier alpha value is -0.470. The summed E-state index contributed by atoms with van der Waals surface area (Å²) in [5, 5.41) is 4.08. The van der Waals surface area contributed by atoms with Gasteiger partial charge in [0.25, 0.3) is 0 Å². The van der Waals surface area contributed by atoms with Crippen LogP contribution in [0.15, 0.2) is 16.5 Å². The zero-order valence-corrected chi connectivity index (χ0v) is 9.46. The van der Waals surface area contributed by atoms with E-state index in [2.05, 4.69) is 5.32 Å². The van der Waals surface area contributed by atoms with Crippen LogP contribution in [0, 0.1) is 11.8 Å². The summed E-state index contributed by atoms with van der Waals surface area (Å²) in [6.45, 7) is 0.820. The molecule has 2 aliphatic rings. The van der Waals surface area contributed by atoms with Crippen LogP contribution >= 0.6 is 11.6 Å². The van der Waals surface area contributed by atoms with Crippen LogP contribution in [0.4, 0.5) is 0 Å². The normalized spacial score (nSPS) is 33.8. The second-order valence-corrected chi connectivity index (χ2v) is 5.24. The minimum Gasteiger partial charge on any atom is -0.448 e. The zero-order valence-electron chi connectivity index (χ0n) is 8.71. The Morgan fingerprint density at radius 3 is 2.87 bits per heavy atom. The van der Waals surface area contributed by atoms with Gasteiger partial charge in [0, 0.05) is 6.04 Å². The van der Waals surface area contributed by atoms with Gasteiger partial charge in [-0.25, -0.2) is 0 Å². The maximum atomic E-state index is 5.72. The first-order chi connectivity index (χ1) is 7.31. The van der Waals surface area contributed by atoms with Gasteiger partial charge in [0.1, 0.15) is 5.76 Å². The maximum Gasteiger partial charge on any atom is 0.193 e. The van der Waals surface area contributed by atoms with Gasteiger partial charge in [-0.3, -0.25) is 0 Å². The lowest BCUT2D eigenvalue weighted by Gasteiger charge is -2.22. The molecular formula is C12H16ClNO. The van der Waals surface area contributed by atoms with Crippen LogP contribution in [0.5, 0.6) is 0 Å². The topological polar surface area (TPSA) is 25.2 Å². The average Bonchev–Trinajstić information content (AvgIpc) is 2.90. The van der Waals surface area contributed by atoms with E-state index in [1.807, 2.05) is 6.07 Å². The average molecular weight is 226 g/mol. The maximum absolute atomic E-state index is 5.72. The standard InChI is InChI=1S/C12H16ClNO/c13-12-4-3-10(15-12)7-14-11-6-8-1-2-9(11)5-8/h3-4,8-9,11,14H,1-2,5-7H2. The molecule has 2 saturated carbocycles. The molecule has 2 fully saturated rings. The first-order valence-corrected chi connectivity index (χ1v) is 6.16. The van der Waals surface area contributed by atoms with Crippen molar-refractivity contribution in [3.63, 3.8) is 0 Å². The van der Waals surface area contributed by atoms with Gasteiger partial charge in [-0.15, -0.1) is 0 Å². The first-order valence-electron chi connectivity index (χ1n) is 5.79. The molecule has 3 unspecified atom stereocenters. The Morgan fingerprint density at radius 1 is 1.33 bits per heavy atom. The minimum absolute atomic E-state index is 0.486. The van der Waals surface area contributed by atoms with E-state index in [0.717, 1.165) is 24.1 Å². The van der Waals surface area contributed by atoms with Gasteiger partial charge >= 0.3 is 0 Å². The number of hydrogen-bond donors (Lipinski definition) is 1. The molecule has 1 aromatic rings. The van der Waals surface area contributed by atoms with E-state index in [0.29, 0.717) is 11.3 Å². The highest BCUT2D eigenvalue weighted by molar-refractivity contribution is 6.28. The predicted octanol–water partition coefficient (Wildman–Crippen LogP) is 3.21. The van der Waals surface area contributed by atoms with Crippen LogP contribution in [0.1, 0.15) is 31.4 Å². The molecule has 0 amide bonds. The molecule has 1 aromatic heterocycles. The number of halogens is 1. The largest absolute Gasteiger partial charge is 0.448 e. The minimum atomic E-state index is 0.486. The van der Waals surface area contributed by atoms with E-state index in [4.69, 9.17) is 16.0 Å². The van der Waals surface area contributed by atoms with E-state index < -0.39 is 0 Å². The molecular weight excluding hydrogens is 210 g/mol. The molecule has 0 aromatic carbocycles. The molecule has 2 bridgehead atoms. The highest BCUT2D eigenvalue weighted by atomic mass is 35.5. The third-order valence-corrected chi connectivity index (χ3v) is 4.11. The van der Waals surface area contributed by atoms with Gasteiger partial charge in [0.05, 0.1) is 6.54 Å². The number of nitrogens with one attached hydrogen (secondary N) is 1. The van der Waals surface area contributed by atoms with Gasteiger partial charge < -0.3 is 9.73 Å². The Labute approximate surface area is 95.0 Å². The molecule has 2 aliphatic carbocycles. The molecule has 3 rings (SSSR count). The molecule has 1 N–H and O–H groups in total.